The van der Waals surface area contributed by atoms with Gasteiger partial charge >= 0.3 is 12.1 Å². The molecule has 0 bridgehead atoms. The van der Waals surface area contributed by atoms with Crippen LogP contribution < -0.4 is 15.1 Å². The third-order valence-electron chi connectivity index (χ3n) is 7.37. The Labute approximate surface area is 255 Å². The molecule has 2 aliphatic heterocycles. The summed E-state index contributed by atoms with van der Waals surface area (Å²) in [5.74, 6) is -1.48. The number of benzene rings is 1. The van der Waals surface area contributed by atoms with E-state index in [1.807, 2.05) is 4.90 Å². The van der Waals surface area contributed by atoms with Crippen molar-refractivity contribution in [3.63, 3.8) is 0 Å². The number of carbonyl (C=O) groups excluding carboxylic acids is 4. The summed E-state index contributed by atoms with van der Waals surface area (Å²) in [6, 6.07) is 6.22. The number of nitrogens with one attached hydrogen (secondary N) is 1. The number of nitrogens with zero attached hydrogens (tertiary/aromatic N) is 9. The van der Waals surface area contributed by atoms with Gasteiger partial charge in [-0.25, -0.2) is 28.6 Å². The molecule has 1 aromatic carbocycles. The number of carbonyl (C=O) groups is 4. The molecule has 0 spiro atoms. The Kier molecular flexibility index (Phi) is 8.22. The Balaban J connectivity index is 0.993. The summed E-state index contributed by atoms with van der Waals surface area (Å²) in [5.41, 5.74) is 0.881. The van der Waals surface area contributed by atoms with Gasteiger partial charge in [-0.1, -0.05) is 5.21 Å². The number of halogens is 1. The topological polar surface area (TPSA) is 169 Å². The molecule has 1 N–H and O–H groups in total. The molecular weight excluding hydrogens is 591 g/mol. The van der Waals surface area contributed by atoms with Gasteiger partial charge in [0.05, 0.1) is 43.8 Å². The van der Waals surface area contributed by atoms with E-state index in [1.54, 1.807) is 46.8 Å². The lowest BCUT2D eigenvalue weighted by Crippen LogP contribution is -2.51. The largest absolute Gasteiger partial charge is 0.461 e. The van der Waals surface area contributed by atoms with Crippen LogP contribution in [0.1, 0.15) is 27.9 Å². The zero-order chi connectivity index (χ0) is 31.5. The normalized spacial score (nSPS) is 16.6. The molecule has 4 aromatic rings. The predicted octanol–water partition coefficient (Wildman–Crippen LogP) is 0.741. The van der Waals surface area contributed by atoms with Crippen molar-refractivity contribution in [2.75, 3.05) is 55.7 Å². The highest BCUT2D eigenvalue weighted by Gasteiger charge is 2.34. The lowest BCUT2D eigenvalue weighted by Gasteiger charge is -2.36. The first kappa shape index (κ1) is 29.5. The van der Waals surface area contributed by atoms with Crippen molar-refractivity contribution in [3.8, 4) is 0 Å². The summed E-state index contributed by atoms with van der Waals surface area (Å²) in [6.45, 7) is 3.45. The van der Waals surface area contributed by atoms with Gasteiger partial charge in [0.15, 0.2) is 5.69 Å². The van der Waals surface area contributed by atoms with Crippen LogP contribution in [0, 0.1) is 5.82 Å². The predicted molar refractivity (Wildman–Crippen MR) is 154 cm³/mol. The van der Waals surface area contributed by atoms with E-state index in [-0.39, 0.29) is 43.5 Å². The van der Waals surface area contributed by atoms with Gasteiger partial charge in [0.25, 0.3) is 5.91 Å². The fourth-order valence-electron chi connectivity index (χ4n) is 5.14. The Morgan fingerprint density at radius 3 is 2.71 bits per heavy atom. The van der Waals surface area contributed by atoms with Crippen LogP contribution in [0.2, 0.25) is 0 Å². The van der Waals surface area contributed by atoms with Gasteiger partial charge in [-0.15, -0.1) is 5.10 Å². The number of ether oxygens (including phenoxy) is 2. The quantitative estimate of drug-likeness (QED) is 0.262. The van der Waals surface area contributed by atoms with E-state index >= 15 is 4.39 Å². The molecular formula is C28H29FN10O6. The van der Waals surface area contributed by atoms with Gasteiger partial charge < -0.3 is 24.6 Å². The zero-order valence-corrected chi connectivity index (χ0v) is 24.2. The summed E-state index contributed by atoms with van der Waals surface area (Å²) in [4.78, 5) is 62.6. The van der Waals surface area contributed by atoms with E-state index in [2.05, 4.69) is 25.6 Å². The van der Waals surface area contributed by atoms with Gasteiger partial charge in [-0.2, -0.15) is 0 Å². The number of anilines is 2. The standard InChI is InChI=1S/C28H29FN10O6/c1-2-44-26(42)22-17-38(34-33-22)14-19-15-39(28(43)45-19)18-4-5-23(20(29)12-18)35-8-10-36(11-9-35)24(40)13-31-25(41)21-16-37-7-3-6-30-27(37)32-21/h3-7,12,16-17,19H,2,8-11,13-15H2,1H3,(H,31,41)/t19-/m0/s1. The molecule has 17 heteroatoms. The van der Waals surface area contributed by atoms with E-state index in [4.69, 9.17) is 9.47 Å². The van der Waals surface area contributed by atoms with Gasteiger partial charge in [-0.05, 0) is 31.2 Å². The molecule has 45 heavy (non-hydrogen) atoms. The summed E-state index contributed by atoms with van der Waals surface area (Å²) < 4.78 is 28.6. The van der Waals surface area contributed by atoms with E-state index in [9.17, 15) is 19.2 Å². The Bertz CT molecular complexity index is 1720. The number of fused-ring (bicyclic) bond motifs is 1. The van der Waals surface area contributed by atoms with E-state index < -0.39 is 29.9 Å². The van der Waals surface area contributed by atoms with E-state index in [1.165, 1.54) is 28.0 Å². The molecule has 0 radical (unpaired) electrons. The van der Waals surface area contributed by atoms with Crippen LogP contribution in [-0.2, 0) is 20.8 Å². The van der Waals surface area contributed by atoms with Crippen LogP contribution in [0.5, 0.6) is 0 Å². The van der Waals surface area contributed by atoms with Crippen molar-refractivity contribution < 1.29 is 33.0 Å². The maximum Gasteiger partial charge on any atom is 0.414 e. The first-order chi connectivity index (χ1) is 21.8. The summed E-state index contributed by atoms with van der Waals surface area (Å²) >= 11 is 0. The summed E-state index contributed by atoms with van der Waals surface area (Å²) in [5, 5.41) is 10.2. The number of rotatable bonds is 9. The number of cyclic esters (lactones) is 1. The number of aromatic nitrogens is 6. The molecule has 234 valence electrons. The lowest BCUT2D eigenvalue weighted by atomic mass is 10.2. The average Bonchev–Trinajstić information content (AvgIpc) is 3.78. The summed E-state index contributed by atoms with van der Waals surface area (Å²) in [6.07, 6.45) is 5.01. The van der Waals surface area contributed by atoms with Crippen molar-refractivity contribution in [2.24, 2.45) is 0 Å². The van der Waals surface area contributed by atoms with Crippen molar-refractivity contribution >= 4 is 41.0 Å². The molecule has 0 aliphatic carbocycles. The van der Waals surface area contributed by atoms with Crippen molar-refractivity contribution in [1.29, 1.82) is 0 Å². The first-order valence-electron chi connectivity index (χ1n) is 14.2. The Hall–Kier alpha value is -5.61. The van der Waals surface area contributed by atoms with Crippen molar-refractivity contribution in [3.05, 3.63) is 66.3 Å². The minimum Gasteiger partial charge on any atom is -0.461 e. The number of amides is 3. The molecule has 6 rings (SSSR count). The van der Waals surface area contributed by atoms with E-state index in [0.717, 1.165) is 0 Å². The van der Waals surface area contributed by atoms with Crippen LogP contribution in [0.3, 0.4) is 0 Å². The Morgan fingerprint density at radius 2 is 1.96 bits per heavy atom. The smallest absolute Gasteiger partial charge is 0.414 e. The highest BCUT2D eigenvalue weighted by atomic mass is 19.1. The second-order valence-electron chi connectivity index (χ2n) is 10.3. The van der Waals surface area contributed by atoms with Crippen LogP contribution in [0.4, 0.5) is 20.6 Å². The number of esters is 1. The molecule has 16 nitrogen and oxygen atoms in total. The molecule has 3 amide bonds. The average molecular weight is 621 g/mol. The number of hydrogen-bond acceptors (Lipinski definition) is 11. The fraction of sp³-hybridized carbons (Fsp3) is 0.357. The maximum absolute atomic E-state index is 15.3. The third kappa shape index (κ3) is 6.36. The molecule has 2 saturated heterocycles. The minimum absolute atomic E-state index is 0.0463. The third-order valence-corrected chi connectivity index (χ3v) is 7.37. The van der Waals surface area contributed by atoms with Crippen LogP contribution in [0.15, 0.2) is 49.1 Å². The fourth-order valence-corrected chi connectivity index (χ4v) is 5.14. The van der Waals surface area contributed by atoms with Gasteiger partial charge in [0.2, 0.25) is 11.7 Å². The maximum atomic E-state index is 15.3. The molecule has 2 fully saturated rings. The summed E-state index contributed by atoms with van der Waals surface area (Å²) in [7, 11) is 0. The van der Waals surface area contributed by atoms with Crippen LogP contribution in [-0.4, -0.2) is 110 Å². The second kappa shape index (κ2) is 12.6. The SMILES string of the molecule is CCOC(=O)c1cn(C[C@H]2CN(c3ccc(N4CCN(C(=O)CNC(=O)c5cn6cccnc6n5)CC4)c(F)c3)C(=O)O2)nn1. The van der Waals surface area contributed by atoms with Crippen molar-refractivity contribution in [2.45, 2.75) is 19.6 Å². The van der Waals surface area contributed by atoms with Gasteiger partial charge in [0.1, 0.15) is 17.6 Å². The van der Waals surface area contributed by atoms with Crippen molar-refractivity contribution in [1.82, 2.24) is 39.6 Å². The first-order valence-corrected chi connectivity index (χ1v) is 14.2. The second-order valence-corrected chi connectivity index (χ2v) is 10.3. The molecule has 5 heterocycles. The molecule has 1 atom stereocenters. The monoisotopic (exact) mass is 620 g/mol. The number of piperazine rings is 1. The minimum atomic E-state index is -0.630. The van der Waals surface area contributed by atoms with E-state index in [0.29, 0.717) is 43.3 Å². The van der Waals surface area contributed by atoms with Gasteiger partial charge in [0, 0.05) is 44.8 Å². The molecule has 0 unspecified atom stereocenters. The highest BCUT2D eigenvalue weighted by Crippen LogP contribution is 2.29. The number of hydrogen-bond donors (Lipinski definition) is 1. The van der Waals surface area contributed by atoms with Gasteiger partial charge in [-0.3, -0.25) is 18.9 Å². The zero-order valence-electron chi connectivity index (χ0n) is 24.2. The van der Waals surface area contributed by atoms with Crippen LogP contribution >= 0.6 is 0 Å². The molecule has 0 saturated carbocycles. The highest BCUT2D eigenvalue weighted by molar-refractivity contribution is 5.95. The van der Waals surface area contributed by atoms with Crippen LogP contribution in [0.25, 0.3) is 5.78 Å². The Morgan fingerprint density at radius 1 is 1.13 bits per heavy atom. The number of imidazole rings is 1. The molecule has 3 aromatic heterocycles. The lowest BCUT2D eigenvalue weighted by molar-refractivity contribution is -0.130. The molecule has 2 aliphatic rings.